The summed E-state index contributed by atoms with van der Waals surface area (Å²) in [6.07, 6.45) is -0.183. The largest absolute Gasteiger partial charge is 0.497 e. The van der Waals surface area contributed by atoms with Crippen LogP contribution in [-0.2, 0) is 13.0 Å². The van der Waals surface area contributed by atoms with Crippen molar-refractivity contribution in [3.05, 3.63) is 90.0 Å². The van der Waals surface area contributed by atoms with E-state index in [2.05, 4.69) is 0 Å². The smallest absolute Gasteiger partial charge is 0.123 e. The van der Waals surface area contributed by atoms with Gasteiger partial charge in [-0.15, -0.1) is 0 Å². The van der Waals surface area contributed by atoms with Crippen LogP contribution in [0.2, 0.25) is 0 Å². The molecule has 1 N–H and O–H groups in total. The molecule has 5 nitrogen and oxygen atoms in total. The van der Waals surface area contributed by atoms with Crippen LogP contribution in [0.1, 0.15) is 11.4 Å². The minimum absolute atomic E-state index is 0.148. The molecule has 154 valence electrons. The molecule has 0 saturated carbocycles. The molecule has 0 saturated heterocycles. The molecule has 30 heavy (non-hydrogen) atoms. The number of hydrogen-bond acceptors (Lipinski definition) is 4. The monoisotopic (exact) mass is 406 g/mol. The quantitative estimate of drug-likeness (QED) is 0.476. The summed E-state index contributed by atoms with van der Waals surface area (Å²) in [5.41, 5.74) is 2.76. The third-order valence-electron chi connectivity index (χ3n) is 4.90. The third kappa shape index (κ3) is 4.60. The molecular weight excluding hydrogens is 383 g/mol. The fraction of sp³-hybridized carbons (Fsp3) is 0.208. The molecule has 0 spiro atoms. The van der Waals surface area contributed by atoms with Crippen molar-refractivity contribution in [1.29, 1.82) is 0 Å². The first-order valence-corrected chi connectivity index (χ1v) is 9.76. The zero-order valence-corrected chi connectivity index (χ0v) is 16.7. The van der Waals surface area contributed by atoms with Gasteiger partial charge in [0.1, 0.15) is 35.9 Å². The van der Waals surface area contributed by atoms with E-state index < -0.39 is 6.10 Å². The SMILES string of the molecule is COc1ccc(OCC(O)Cn2c(Cc3ccc(F)cc3)nc3ccccc32)cc1. The highest BCUT2D eigenvalue weighted by atomic mass is 19.1. The molecule has 6 heteroatoms. The van der Waals surface area contributed by atoms with Crippen LogP contribution in [0.4, 0.5) is 4.39 Å². The van der Waals surface area contributed by atoms with Crippen LogP contribution >= 0.6 is 0 Å². The highest BCUT2D eigenvalue weighted by molar-refractivity contribution is 5.76. The fourth-order valence-corrected chi connectivity index (χ4v) is 3.38. The van der Waals surface area contributed by atoms with Crippen LogP contribution in [0.25, 0.3) is 11.0 Å². The van der Waals surface area contributed by atoms with Crippen molar-refractivity contribution in [3.63, 3.8) is 0 Å². The average molecular weight is 406 g/mol. The third-order valence-corrected chi connectivity index (χ3v) is 4.90. The topological polar surface area (TPSA) is 56.5 Å². The van der Waals surface area contributed by atoms with Crippen LogP contribution in [0.3, 0.4) is 0 Å². The minimum atomic E-state index is -0.725. The normalized spacial score (nSPS) is 12.1. The predicted molar refractivity (Wildman–Crippen MR) is 113 cm³/mol. The molecule has 4 aromatic rings. The summed E-state index contributed by atoms with van der Waals surface area (Å²) in [5.74, 6) is 1.96. The maximum atomic E-state index is 13.2. The van der Waals surface area contributed by atoms with E-state index in [-0.39, 0.29) is 12.4 Å². The second-order valence-corrected chi connectivity index (χ2v) is 7.07. The first-order chi connectivity index (χ1) is 14.6. The molecular formula is C24H23FN2O3. The van der Waals surface area contributed by atoms with E-state index in [9.17, 15) is 9.50 Å². The van der Waals surface area contributed by atoms with Crippen molar-refractivity contribution in [2.45, 2.75) is 19.1 Å². The van der Waals surface area contributed by atoms with Crippen molar-refractivity contribution >= 4 is 11.0 Å². The van der Waals surface area contributed by atoms with Gasteiger partial charge in [-0.25, -0.2) is 9.37 Å². The summed E-state index contributed by atoms with van der Waals surface area (Å²) >= 11 is 0. The Morgan fingerprint density at radius 3 is 2.40 bits per heavy atom. The first-order valence-electron chi connectivity index (χ1n) is 9.76. The summed E-state index contributed by atoms with van der Waals surface area (Å²) in [6, 6.07) is 21.4. The number of aliphatic hydroxyl groups excluding tert-OH is 1. The molecule has 0 amide bonds. The molecule has 3 aromatic carbocycles. The van der Waals surface area contributed by atoms with Gasteiger partial charge in [0.25, 0.3) is 0 Å². The molecule has 4 rings (SSSR count). The van der Waals surface area contributed by atoms with Crippen molar-refractivity contribution in [1.82, 2.24) is 9.55 Å². The van der Waals surface area contributed by atoms with Crippen LogP contribution in [-0.4, -0.2) is 34.5 Å². The number of nitrogens with zero attached hydrogens (tertiary/aromatic N) is 2. The summed E-state index contributed by atoms with van der Waals surface area (Å²) in [7, 11) is 1.61. The van der Waals surface area contributed by atoms with Crippen molar-refractivity contribution in [3.8, 4) is 11.5 Å². The number of ether oxygens (including phenoxy) is 2. The Morgan fingerprint density at radius 2 is 1.67 bits per heavy atom. The van der Waals surface area contributed by atoms with Crippen LogP contribution in [0.5, 0.6) is 11.5 Å². The van der Waals surface area contributed by atoms with Crippen molar-refractivity contribution in [2.75, 3.05) is 13.7 Å². The lowest BCUT2D eigenvalue weighted by Gasteiger charge is -2.16. The number of benzene rings is 3. The molecule has 1 aromatic heterocycles. The van der Waals surface area contributed by atoms with Gasteiger partial charge in [-0.1, -0.05) is 24.3 Å². The number of aromatic nitrogens is 2. The van der Waals surface area contributed by atoms with Gasteiger partial charge in [-0.05, 0) is 54.1 Å². The van der Waals surface area contributed by atoms with Gasteiger partial charge < -0.3 is 19.1 Å². The zero-order chi connectivity index (χ0) is 20.9. The van der Waals surface area contributed by atoms with Gasteiger partial charge >= 0.3 is 0 Å². The highest BCUT2D eigenvalue weighted by Gasteiger charge is 2.15. The van der Waals surface area contributed by atoms with Crippen LogP contribution < -0.4 is 9.47 Å². The Kier molecular flexibility index (Phi) is 5.95. The summed E-state index contributed by atoms with van der Waals surface area (Å²) in [6.45, 7) is 0.488. The van der Waals surface area contributed by atoms with E-state index in [1.165, 1.54) is 12.1 Å². The van der Waals surface area contributed by atoms with Gasteiger partial charge in [0.15, 0.2) is 0 Å². The van der Waals surface area contributed by atoms with Crippen molar-refractivity contribution in [2.24, 2.45) is 0 Å². The molecule has 0 bridgehead atoms. The first kappa shape index (κ1) is 19.9. The van der Waals surface area contributed by atoms with Crippen molar-refractivity contribution < 1.29 is 19.0 Å². The maximum Gasteiger partial charge on any atom is 0.123 e. The van der Waals surface area contributed by atoms with E-state index in [4.69, 9.17) is 14.5 Å². The highest BCUT2D eigenvalue weighted by Crippen LogP contribution is 2.21. The molecule has 1 unspecified atom stereocenters. The molecule has 0 aliphatic heterocycles. The molecule has 1 heterocycles. The van der Waals surface area contributed by atoms with E-state index in [0.717, 1.165) is 28.2 Å². The van der Waals surface area contributed by atoms with E-state index in [1.807, 2.05) is 41.0 Å². The number of aliphatic hydroxyl groups is 1. The van der Waals surface area contributed by atoms with E-state index >= 15 is 0 Å². The standard InChI is InChI=1S/C24H23FN2O3/c1-29-20-10-12-21(13-11-20)30-16-19(28)15-27-23-5-3-2-4-22(23)26-24(27)14-17-6-8-18(25)9-7-17/h2-13,19,28H,14-16H2,1H3. The second-order valence-electron chi connectivity index (χ2n) is 7.07. The van der Waals surface area contributed by atoms with Gasteiger partial charge in [0, 0.05) is 6.42 Å². The summed E-state index contributed by atoms with van der Waals surface area (Å²) in [4.78, 5) is 4.72. The number of halogens is 1. The van der Waals surface area contributed by atoms with Gasteiger partial charge in [0.2, 0.25) is 0 Å². The molecule has 0 radical (unpaired) electrons. The molecule has 0 aliphatic rings. The minimum Gasteiger partial charge on any atom is -0.497 e. The molecule has 0 fully saturated rings. The second kappa shape index (κ2) is 8.97. The lowest BCUT2D eigenvalue weighted by atomic mass is 10.1. The predicted octanol–water partition coefficient (Wildman–Crippen LogP) is 4.21. The number of imidazole rings is 1. The number of rotatable bonds is 8. The molecule has 1 atom stereocenters. The average Bonchev–Trinajstić information content (AvgIpc) is 3.11. The number of methoxy groups -OCH3 is 1. The summed E-state index contributed by atoms with van der Waals surface area (Å²) < 4.78 is 26.1. The fourth-order valence-electron chi connectivity index (χ4n) is 3.38. The van der Waals surface area contributed by atoms with E-state index in [1.54, 1.807) is 31.4 Å². The molecule has 0 aliphatic carbocycles. The number of para-hydroxylation sites is 2. The Labute approximate surface area is 174 Å². The Bertz CT molecular complexity index is 1110. The number of fused-ring (bicyclic) bond motifs is 1. The lowest BCUT2D eigenvalue weighted by molar-refractivity contribution is 0.0928. The van der Waals surface area contributed by atoms with E-state index in [0.29, 0.717) is 18.7 Å². The van der Waals surface area contributed by atoms with Crippen LogP contribution in [0.15, 0.2) is 72.8 Å². The maximum absolute atomic E-state index is 13.2. The van der Waals surface area contributed by atoms with Gasteiger partial charge in [-0.2, -0.15) is 0 Å². The van der Waals surface area contributed by atoms with Gasteiger partial charge in [-0.3, -0.25) is 0 Å². The Hall–Kier alpha value is -3.38. The van der Waals surface area contributed by atoms with Crippen LogP contribution in [0, 0.1) is 5.82 Å². The Morgan fingerprint density at radius 1 is 0.967 bits per heavy atom. The zero-order valence-electron chi connectivity index (χ0n) is 16.7. The lowest BCUT2D eigenvalue weighted by Crippen LogP contribution is -2.24. The number of hydrogen-bond donors (Lipinski definition) is 1. The summed E-state index contributed by atoms with van der Waals surface area (Å²) in [5, 5.41) is 10.6. The van der Waals surface area contributed by atoms with Gasteiger partial charge in [0.05, 0.1) is 24.7 Å². The Balaban J connectivity index is 1.50.